The first-order valence-electron chi connectivity index (χ1n) is 12.4. The lowest BCUT2D eigenvalue weighted by Crippen LogP contribution is -2.51. The molecule has 1 fully saturated rings. The molecular weight excluding hydrogens is 464 g/mol. The van der Waals surface area contributed by atoms with Gasteiger partial charge < -0.3 is 15.3 Å². The lowest BCUT2D eigenvalue weighted by molar-refractivity contribution is -0.134. The average molecular weight is 501 g/mol. The van der Waals surface area contributed by atoms with Crippen LogP contribution in [0.1, 0.15) is 44.2 Å². The van der Waals surface area contributed by atoms with E-state index in [4.69, 9.17) is 0 Å². The van der Waals surface area contributed by atoms with Gasteiger partial charge in [-0.05, 0) is 72.8 Å². The van der Waals surface area contributed by atoms with E-state index in [1.165, 1.54) is 0 Å². The summed E-state index contributed by atoms with van der Waals surface area (Å²) >= 11 is 0. The van der Waals surface area contributed by atoms with Crippen LogP contribution in [-0.4, -0.2) is 61.6 Å². The van der Waals surface area contributed by atoms with E-state index in [2.05, 4.69) is 28.9 Å². The van der Waals surface area contributed by atoms with Crippen molar-refractivity contribution in [1.82, 2.24) is 14.6 Å². The fourth-order valence-electron chi connectivity index (χ4n) is 5.08. The molecule has 1 amide bonds. The summed E-state index contributed by atoms with van der Waals surface area (Å²) in [5.41, 5.74) is 2.46. The lowest BCUT2D eigenvalue weighted by atomic mass is 9.82. The van der Waals surface area contributed by atoms with Crippen molar-refractivity contribution in [2.24, 2.45) is 11.3 Å². The first kappa shape index (κ1) is 25.6. The second kappa shape index (κ2) is 10.6. The number of rotatable bonds is 8. The first-order valence-corrected chi connectivity index (χ1v) is 13.8. The highest BCUT2D eigenvalue weighted by Crippen LogP contribution is 2.36. The molecule has 0 aliphatic carbocycles. The van der Waals surface area contributed by atoms with Crippen LogP contribution < -0.4 is 10.0 Å². The van der Waals surface area contributed by atoms with Gasteiger partial charge in [0.2, 0.25) is 15.9 Å². The summed E-state index contributed by atoms with van der Waals surface area (Å²) in [7, 11) is -3.97. The molecule has 1 saturated heterocycles. The van der Waals surface area contributed by atoms with Gasteiger partial charge in [-0.25, -0.2) is 8.42 Å². The van der Waals surface area contributed by atoms with Crippen molar-refractivity contribution in [3.8, 4) is 0 Å². The number of para-hydroxylation sites is 1. The van der Waals surface area contributed by atoms with E-state index in [0.29, 0.717) is 31.2 Å². The monoisotopic (exact) mass is 500 g/mol. The van der Waals surface area contributed by atoms with Gasteiger partial charge in [0.15, 0.2) is 0 Å². The van der Waals surface area contributed by atoms with Crippen LogP contribution >= 0.6 is 0 Å². The number of piperidine rings is 1. The van der Waals surface area contributed by atoms with E-state index in [-0.39, 0.29) is 29.2 Å². The second-order valence-electron chi connectivity index (χ2n) is 10.5. The van der Waals surface area contributed by atoms with E-state index in [9.17, 15) is 18.3 Å². The van der Waals surface area contributed by atoms with E-state index in [1.807, 2.05) is 6.07 Å². The van der Waals surface area contributed by atoms with Crippen LogP contribution in [0.25, 0.3) is 0 Å². The molecule has 1 aromatic carbocycles. The minimum atomic E-state index is -3.97. The maximum Gasteiger partial charge on any atom is 0.243 e. The third-order valence-electron chi connectivity index (χ3n) is 7.06. The molecule has 1 atom stereocenters. The van der Waals surface area contributed by atoms with E-state index >= 15 is 0 Å². The van der Waals surface area contributed by atoms with Crippen LogP contribution in [0, 0.1) is 11.3 Å². The number of nitrogens with one attached hydrogen (secondary N) is 2. The molecule has 9 heteroatoms. The number of amides is 1. The third kappa shape index (κ3) is 6.20. The molecule has 2 aliphatic heterocycles. The molecule has 2 aliphatic rings. The van der Waals surface area contributed by atoms with Crippen molar-refractivity contribution in [1.29, 1.82) is 0 Å². The van der Waals surface area contributed by atoms with Gasteiger partial charge in [0, 0.05) is 38.6 Å². The summed E-state index contributed by atoms with van der Waals surface area (Å²) in [5.74, 6) is 0.178. The first-order chi connectivity index (χ1) is 16.7. The molecule has 0 unspecified atom stereocenters. The van der Waals surface area contributed by atoms with Gasteiger partial charge in [-0.1, -0.05) is 26.0 Å². The highest BCUT2D eigenvalue weighted by molar-refractivity contribution is 7.89. The zero-order valence-corrected chi connectivity index (χ0v) is 21.4. The van der Waals surface area contributed by atoms with Crippen LogP contribution in [-0.2, 0) is 27.7 Å². The molecular formula is C26H36N4O4S. The van der Waals surface area contributed by atoms with Crippen molar-refractivity contribution in [3.63, 3.8) is 0 Å². The van der Waals surface area contributed by atoms with Crippen molar-refractivity contribution in [2.75, 3.05) is 31.6 Å². The lowest BCUT2D eigenvalue weighted by Gasteiger charge is -2.35. The number of carbonyl (C=O) groups excluding carboxylic acids is 1. The van der Waals surface area contributed by atoms with Crippen LogP contribution in [0.2, 0.25) is 0 Å². The van der Waals surface area contributed by atoms with E-state index in [0.717, 1.165) is 36.8 Å². The number of hydrogen-bond acceptors (Lipinski definition) is 6. The number of pyridine rings is 1. The number of aliphatic hydroxyl groups excluding tert-OH is 1. The van der Waals surface area contributed by atoms with Gasteiger partial charge in [0.25, 0.3) is 0 Å². The summed E-state index contributed by atoms with van der Waals surface area (Å²) in [4.78, 5) is 19.5. The Bertz CT molecular complexity index is 1130. The maximum atomic E-state index is 13.6. The zero-order chi connectivity index (χ0) is 25.1. The highest BCUT2D eigenvalue weighted by Gasteiger charge is 2.34. The number of anilines is 1. The Kier molecular flexibility index (Phi) is 7.78. The Labute approximate surface area is 208 Å². The molecule has 0 saturated carbocycles. The highest BCUT2D eigenvalue weighted by atomic mass is 32.2. The van der Waals surface area contributed by atoms with Gasteiger partial charge in [0.05, 0.1) is 5.69 Å². The predicted molar refractivity (Wildman–Crippen MR) is 135 cm³/mol. The molecule has 190 valence electrons. The van der Waals surface area contributed by atoms with Crippen molar-refractivity contribution in [2.45, 2.75) is 56.9 Å². The van der Waals surface area contributed by atoms with Gasteiger partial charge in [0.1, 0.15) is 10.9 Å². The molecule has 3 heterocycles. The Balaban J connectivity index is 1.58. The number of carbonyl (C=O) groups is 1. The molecule has 0 radical (unpaired) electrons. The summed E-state index contributed by atoms with van der Waals surface area (Å²) in [6.07, 6.45) is 6.67. The fourth-order valence-corrected chi connectivity index (χ4v) is 6.50. The van der Waals surface area contributed by atoms with Crippen molar-refractivity contribution < 1.29 is 18.3 Å². The number of sulfonamides is 1. The molecule has 1 aromatic heterocycles. The van der Waals surface area contributed by atoms with Crippen LogP contribution in [0.3, 0.4) is 0 Å². The summed E-state index contributed by atoms with van der Waals surface area (Å²) in [6.45, 7) is 6.25. The third-order valence-corrected chi connectivity index (χ3v) is 8.58. The van der Waals surface area contributed by atoms with Gasteiger partial charge in [-0.15, -0.1) is 0 Å². The normalized spacial score (nSPS) is 19.0. The number of aliphatic hydroxyl groups is 1. The standard InChI is InChI=1S/C26H36N4O4S/c1-26(2)17-21-4-3-5-23(24(21)28-18-26)35(33,34)29-22(16-20-6-11-27-12-7-20)25(32)30-13-8-19(9-14-30)10-15-31/h3-7,11-12,19,22,28-29,31H,8-10,13-18H2,1-2H3/t22-/m1/s1. The summed E-state index contributed by atoms with van der Waals surface area (Å²) < 4.78 is 30.0. The van der Waals surface area contributed by atoms with Crippen molar-refractivity contribution in [3.05, 3.63) is 53.9 Å². The number of likely N-dealkylation sites (tertiary alicyclic amines) is 1. The fraction of sp³-hybridized carbons (Fsp3) is 0.538. The number of fused-ring (bicyclic) bond motifs is 1. The smallest absolute Gasteiger partial charge is 0.243 e. The molecule has 8 nitrogen and oxygen atoms in total. The minimum Gasteiger partial charge on any atom is -0.396 e. The van der Waals surface area contributed by atoms with E-state index < -0.39 is 16.1 Å². The largest absolute Gasteiger partial charge is 0.396 e. The number of benzene rings is 1. The Morgan fingerprint density at radius 2 is 1.94 bits per heavy atom. The van der Waals surface area contributed by atoms with Gasteiger partial charge in [-0.3, -0.25) is 9.78 Å². The number of aromatic nitrogens is 1. The molecule has 0 bridgehead atoms. The second-order valence-corrected chi connectivity index (χ2v) is 12.2. The Hall–Kier alpha value is -2.49. The Morgan fingerprint density at radius 1 is 1.23 bits per heavy atom. The van der Waals surface area contributed by atoms with Gasteiger partial charge in [-0.2, -0.15) is 4.72 Å². The number of hydrogen-bond donors (Lipinski definition) is 3. The maximum absolute atomic E-state index is 13.6. The topological polar surface area (TPSA) is 112 Å². The summed E-state index contributed by atoms with van der Waals surface area (Å²) in [5, 5.41) is 12.5. The molecule has 3 N–H and O–H groups in total. The zero-order valence-electron chi connectivity index (χ0n) is 20.5. The molecule has 4 rings (SSSR count). The number of nitrogens with zero attached hydrogens (tertiary/aromatic N) is 2. The van der Waals surface area contributed by atoms with Crippen molar-refractivity contribution >= 4 is 21.6 Å². The van der Waals surface area contributed by atoms with Crippen LogP contribution in [0.15, 0.2) is 47.6 Å². The quantitative estimate of drug-likeness (QED) is 0.514. The van der Waals surface area contributed by atoms with Crippen LogP contribution in [0.5, 0.6) is 0 Å². The van der Waals surface area contributed by atoms with Crippen LogP contribution in [0.4, 0.5) is 5.69 Å². The summed E-state index contributed by atoms with van der Waals surface area (Å²) in [6, 6.07) is 8.00. The predicted octanol–water partition coefficient (Wildman–Crippen LogP) is 2.59. The Morgan fingerprint density at radius 3 is 2.63 bits per heavy atom. The average Bonchev–Trinajstić information content (AvgIpc) is 2.83. The molecule has 2 aromatic rings. The molecule has 35 heavy (non-hydrogen) atoms. The SMILES string of the molecule is CC1(C)CNc2c(cccc2S(=O)(=O)N[C@H](Cc2ccncc2)C(=O)N2CCC(CCO)CC2)C1. The molecule has 0 spiro atoms. The van der Waals surface area contributed by atoms with E-state index in [1.54, 1.807) is 41.6 Å². The minimum absolute atomic E-state index is 0.0325. The van der Waals surface area contributed by atoms with Gasteiger partial charge >= 0.3 is 0 Å².